The Hall–Kier alpha value is -0.150. The van der Waals surface area contributed by atoms with Crippen molar-refractivity contribution in [2.75, 3.05) is 18.1 Å². The first-order chi connectivity index (χ1) is 6.18. The normalized spacial score (nSPS) is 28.7. The minimum atomic E-state index is -0.533. The van der Waals surface area contributed by atoms with Gasteiger partial charge in [-0.3, -0.25) is 4.21 Å². The third-order valence-corrected chi connectivity index (χ3v) is 3.75. The molecule has 0 unspecified atom stereocenters. The van der Waals surface area contributed by atoms with E-state index in [0.717, 1.165) is 37.3 Å². The van der Waals surface area contributed by atoms with E-state index in [-0.39, 0.29) is 0 Å². The maximum atomic E-state index is 11.1. The van der Waals surface area contributed by atoms with E-state index in [9.17, 15) is 4.21 Å². The molecule has 3 heteroatoms. The van der Waals surface area contributed by atoms with Crippen LogP contribution in [-0.2, 0) is 10.8 Å². The maximum Gasteiger partial charge on any atom is 0.0249 e. The molecule has 13 heavy (non-hydrogen) atoms. The third-order valence-electron chi connectivity index (χ3n) is 2.37. The monoisotopic (exact) mass is 201 g/mol. The van der Waals surface area contributed by atoms with Gasteiger partial charge in [0.05, 0.1) is 0 Å². The van der Waals surface area contributed by atoms with Crippen LogP contribution in [0.3, 0.4) is 0 Å². The second-order valence-corrected chi connectivity index (χ2v) is 5.48. The Balaban J connectivity index is 2.09. The molecule has 1 aliphatic heterocycles. The maximum absolute atomic E-state index is 11.1. The van der Waals surface area contributed by atoms with Crippen LogP contribution in [0.4, 0.5) is 0 Å². The summed E-state index contributed by atoms with van der Waals surface area (Å²) in [5, 5.41) is 3.48. The highest BCUT2D eigenvalue weighted by Gasteiger charge is 2.16. The lowest BCUT2D eigenvalue weighted by Gasteiger charge is -2.22. The van der Waals surface area contributed by atoms with E-state index in [0.29, 0.717) is 6.04 Å². The lowest BCUT2D eigenvalue weighted by molar-refractivity contribution is 0.479. The Bertz CT molecular complexity index is 193. The van der Waals surface area contributed by atoms with Crippen LogP contribution in [0.2, 0.25) is 0 Å². The molecule has 76 valence electrons. The van der Waals surface area contributed by atoms with E-state index in [2.05, 4.69) is 18.8 Å². The zero-order chi connectivity index (χ0) is 9.68. The summed E-state index contributed by atoms with van der Waals surface area (Å²) >= 11 is 0. The number of hydrogen-bond donors (Lipinski definition) is 1. The topological polar surface area (TPSA) is 29.1 Å². The summed E-state index contributed by atoms with van der Waals surface area (Å²) in [6.07, 6.45) is 3.20. The first-order valence-corrected chi connectivity index (χ1v) is 6.40. The molecular weight excluding hydrogens is 182 g/mol. The van der Waals surface area contributed by atoms with Gasteiger partial charge >= 0.3 is 0 Å². The Labute approximate surface area is 83.3 Å². The second kappa shape index (κ2) is 5.55. The molecule has 0 spiro atoms. The third kappa shape index (κ3) is 4.58. The van der Waals surface area contributed by atoms with Gasteiger partial charge in [-0.15, -0.1) is 6.58 Å². The highest BCUT2D eigenvalue weighted by molar-refractivity contribution is 7.85. The minimum Gasteiger partial charge on any atom is -0.314 e. The van der Waals surface area contributed by atoms with Crippen LogP contribution in [0.25, 0.3) is 0 Å². The van der Waals surface area contributed by atoms with Gasteiger partial charge in [-0.1, -0.05) is 5.57 Å². The summed E-state index contributed by atoms with van der Waals surface area (Å²) in [7, 11) is -0.533. The molecule has 0 atom stereocenters. The van der Waals surface area contributed by atoms with E-state index < -0.39 is 10.8 Å². The molecule has 1 saturated heterocycles. The van der Waals surface area contributed by atoms with Gasteiger partial charge in [0.15, 0.2) is 0 Å². The molecular formula is C10H19NOS. The van der Waals surface area contributed by atoms with Crippen molar-refractivity contribution in [3.8, 4) is 0 Å². The predicted molar refractivity (Wildman–Crippen MR) is 58.3 cm³/mol. The van der Waals surface area contributed by atoms with Gasteiger partial charge < -0.3 is 5.32 Å². The zero-order valence-electron chi connectivity index (χ0n) is 8.34. The molecule has 1 fully saturated rings. The van der Waals surface area contributed by atoms with E-state index in [1.165, 1.54) is 5.57 Å². The molecule has 0 aromatic rings. The van der Waals surface area contributed by atoms with Gasteiger partial charge in [0.25, 0.3) is 0 Å². The molecule has 0 saturated carbocycles. The van der Waals surface area contributed by atoms with Crippen molar-refractivity contribution < 1.29 is 4.21 Å². The van der Waals surface area contributed by atoms with Gasteiger partial charge in [-0.2, -0.15) is 0 Å². The fourth-order valence-electron chi connectivity index (χ4n) is 1.49. The molecule has 1 N–H and O–H groups in total. The molecule has 0 aromatic heterocycles. The lowest BCUT2D eigenvalue weighted by atomic mass is 10.1. The van der Waals surface area contributed by atoms with E-state index >= 15 is 0 Å². The van der Waals surface area contributed by atoms with Crippen LogP contribution in [0.1, 0.15) is 26.2 Å². The molecule has 0 aromatic carbocycles. The molecule has 0 bridgehead atoms. The quantitative estimate of drug-likeness (QED) is 0.698. The first kappa shape index (κ1) is 10.9. The molecule has 0 amide bonds. The van der Waals surface area contributed by atoms with Crippen LogP contribution in [-0.4, -0.2) is 28.3 Å². The highest BCUT2D eigenvalue weighted by Crippen LogP contribution is 2.09. The first-order valence-electron chi connectivity index (χ1n) is 4.91. The predicted octanol–water partition coefficient (Wildman–Crippen LogP) is 1.45. The van der Waals surface area contributed by atoms with Crippen molar-refractivity contribution >= 4 is 10.8 Å². The fraction of sp³-hybridized carbons (Fsp3) is 0.800. The van der Waals surface area contributed by atoms with E-state index in [1.54, 1.807) is 0 Å². The van der Waals surface area contributed by atoms with Crippen LogP contribution in [0.15, 0.2) is 12.2 Å². The van der Waals surface area contributed by atoms with Crippen molar-refractivity contribution in [1.29, 1.82) is 0 Å². The fourth-order valence-corrected chi connectivity index (χ4v) is 2.79. The van der Waals surface area contributed by atoms with Crippen LogP contribution >= 0.6 is 0 Å². The number of rotatable bonds is 4. The van der Waals surface area contributed by atoms with Crippen LogP contribution in [0, 0.1) is 0 Å². The van der Waals surface area contributed by atoms with Crippen LogP contribution in [0.5, 0.6) is 0 Å². The van der Waals surface area contributed by atoms with Crippen LogP contribution < -0.4 is 5.32 Å². The Morgan fingerprint density at radius 1 is 1.54 bits per heavy atom. The number of nitrogens with one attached hydrogen (secondary N) is 1. The summed E-state index contributed by atoms with van der Waals surface area (Å²) < 4.78 is 11.1. The second-order valence-electron chi connectivity index (χ2n) is 3.78. The SMILES string of the molecule is C=C(C)CCNC1CCS(=O)CC1. The van der Waals surface area contributed by atoms with E-state index in [1.807, 2.05) is 0 Å². The molecule has 0 aliphatic carbocycles. The van der Waals surface area contributed by atoms with Gasteiger partial charge in [0.1, 0.15) is 0 Å². The number of hydrogen-bond acceptors (Lipinski definition) is 2. The summed E-state index contributed by atoms with van der Waals surface area (Å²) in [6, 6.07) is 0.594. The van der Waals surface area contributed by atoms with E-state index in [4.69, 9.17) is 0 Å². The Morgan fingerprint density at radius 3 is 2.69 bits per heavy atom. The summed E-state index contributed by atoms with van der Waals surface area (Å²) in [6.45, 7) is 6.93. The minimum absolute atomic E-state index is 0.533. The van der Waals surface area contributed by atoms with Crippen molar-refractivity contribution in [2.45, 2.75) is 32.2 Å². The molecule has 2 nitrogen and oxygen atoms in total. The summed E-state index contributed by atoms with van der Waals surface area (Å²) in [5.41, 5.74) is 1.23. The van der Waals surface area contributed by atoms with Crippen molar-refractivity contribution in [3.05, 3.63) is 12.2 Å². The van der Waals surface area contributed by atoms with Gasteiger partial charge in [-0.25, -0.2) is 0 Å². The highest BCUT2D eigenvalue weighted by atomic mass is 32.2. The van der Waals surface area contributed by atoms with Crippen molar-refractivity contribution in [1.82, 2.24) is 5.32 Å². The average Bonchev–Trinajstić information content (AvgIpc) is 2.08. The Kier molecular flexibility index (Phi) is 4.67. The molecule has 0 radical (unpaired) electrons. The molecule has 1 heterocycles. The smallest absolute Gasteiger partial charge is 0.0249 e. The van der Waals surface area contributed by atoms with Gasteiger partial charge in [0, 0.05) is 28.3 Å². The van der Waals surface area contributed by atoms with Gasteiger partial charge in [-0.05, 0) is 32.7 Å². The molecule has 1 aliphatic rings. The Morgan fingerprint density at radius 2 is 2.15 bits per heavy atom. The lowest BCUT2D eigenvalue weighted by Crippen LogP contribution is -2.36. The van der Waals surface area contributed by atoms with Crippen molar-refractivity contribution in [3.63, 3.8) is 0 Å². The zero-order valence-corrected chi connectivity index (χ0v) is 9.16. The standard InChI is InChI=1S/C10H19NOS/c1-9(2)3-6-11-10-4-7-13(12)8-5-10/h10-11H,1,3-8H2,2H3. The average molecular weight is 201 g/mol. The van der Waals surface area contributed by atoms with Crippen molar-refractivity contribution in [2.24, 2.45) is 0 Å². The van der Waals surface area contributed by atoms with Gasteiger partial charge in [0.2, 0.25) is 0 Å². The largest absolute Gasteiger partial charge is 0.314 e. The summed E-state index contributed by atoms with van der Waals surface area (Å²) in [4.78, 5) is 0. The summed E-state index contributed by atoms with van der Waals surface area (Å²) in [5.74, 6) is 1.76. The molecule has 1 rings (SSSR count).